The molecule has 6 nitrogen and oxygen atoms in total. The minimum atomic E-state index is -0.286. The Labute approximate surface area is 154 Å². The first-order chi connectivity index (χ1) is 12.7. The van der Waals surface area contributed by atoms with Crippen LogP contribution in [0.2, 0.25) is 0 Å². The van der Waals surface area contributed by atoms with Crippen LogP contribution in [0.3, 0.4) is 0 Å². The van der Waals surface area contributed by atoms with E-state index >= 15 is 0 Å². The molecule has 1 aliphatic heterocycles. The summed E-state index contributed by atoms with van der Waals surface area (Å²) < 4.78 is 0. The molecule has 1 amide bonds. The van der Waals surface area contributed by atoms with Gasteiger partial charge in [0.1, 0.15) is 0 Å². The van der Waals surface area contributed by atoms with Crippen LogP contribution in [-0.2, 0) is 0 Å². The second-order valence-electron chi connectivity index (χ2n) is 6.43. The average molecular weight is 368 g/mol. The summed E-state index contributed by atoms with van der Waals surface area (Å²) in [6.45, 7) is 2.63. The van der Waals surface area contributed by atoms with Gasteiger partial charge in [0.15, 0.2) is 5.69 Å². The van der Waals surface area contributed by atoms with Crippen LogP contribution in [0.5, 0.6) is 0 Å². The van der Waals surface area contributed by atoms with Gasteiger partial charge in [0, 0.05) is 16.8 Å². The molecule has 1 saturated heterocycles. The number of fused-ring (bicyclic) bond motifs is 1. The average Bonchev–Trinajstić information content (AvgIpc) is 3.37. The van der Waals surface area contributed by atoms with E-state index in [1.807, 2.05) is 6.07 Å². The van der Waals surface area contributed by atoms with Crippen molar-refractivity contribution in [2.24, 2.45) is 0 Å². The predicted octanol–water partition coefficient (Wildman–Crippen LogP) is 2.55. The van der Waals surface area contributed by atoms with E-state index in [4.69, 9.17) is 0 Å². The van der Waals surface area contributed by atoms with Gasteiger partial charge in [-0.2, -0.15) is 5.10 Å². The first kappa shape index (κ1) is 16.9. The lowest BCUT2D eigenvalue weighted by atomic mass is 10.1. The smallest absolute Gasteiger partial charge is 0.272 e. The molecule has 3 aromatic rings. The van der Waals surface area contributed by atoms with E-state index in [0.29, 0.717) is 17.3 Å². The Kier molecular flexibility index (Phi) is 4.81. The van der Waals surface area contributed by atoms with Crippen molar-refractivity contribution < 1.29 is 4.79 Å². The predicted molar refractivity (Wildman–Crippen MR) is 103 cm³/mol. The molecule has 1 unspecified atom stereocenters. The van der Waals surface area contributed by atoms with Crippen LogP contribution in [0.15, 0.2) is 46.6 Å². The highest BCUT2D eigenvalue weighted by Crippen LogP contribution is 2.28. The standard InChI is InChI=1S/C19H20N4O2S/c24-18-14-7-2-1-6-13(14)17(21-22-18)19(25)20-12-15(16-8-5-11-26-16)23-9-3-4-10-23/h1-2,5-8,11,15H,3-4,9-10,12H2,(H,20,25)(H,22,24). The molecule has 0 aliphatic carbocycles. The molecule has 4 rings (SSSR count). The molecule has 0 spiro atoms. The molecule has 2 aromatic heterocycles. The van der Waals surface area contributed by atoms with Crippen molar-refractivity contribution in [1.29, 1.82) is 0 Å². The van der Waals surface area contributed by atoms with Crippen LogP contribution in [0, 0.1) is 0 Å². The number of benzene rings is 1. The van der Waals surface area contributed by atoms with Crippen molar-refractivity contribution in [3.63, 3.8) is 0 Å². The number of hydrogen-bond donors (Lipinski definition) is 2. The molecular formula is C19H20N4O2S. The zero-order valence-electron chi connectivity index (χ0n) is 14.3. The summed E-state index contributed by atoms with van der Waals surface area (Å²) in [5.41, 5.74) is -0.0303. The zero-order valence-corrected chi connectivity index (χ0v) is 15.1. The summed E-state index contributed by atoms with van der Waals surface area (Å²) in [6, 6.07) is 11.4. The maximum Gasteiger partial charge on any atom is 0.272 e. The maximum absolute atomic E-state index is 12.7. The molecule has 1 aromatic carbocycles. The number of rotatable bonds is 5. The number of carbonyl (C=O) groups excluding carboxylic acids is 1. The van der Waals surface area contributed by atoms with Gasteiger partial charge in [-0.15, -0.1) is 11.3 Å². The lowest BCUT2D eigenvalue weighted by Crippen LogP contribution is -2.37. The van der Waals surface area contributed by atoms with Crippen LogP contribution in [0.25, 0.3) is 10.8 Å². The maximum atomic E-state index is 12.7. The second-order valence-corrected chi connectivity index (χ2v) is 7.41. The number of carbonyl (C=O) groups is 1. The highest BCUT2D eigenvalue weighted by atomic mass is 32.1. The monoisotopic (exact) mass is 368 g/mol. The molecule has 134 valence electrons. The molecule has 1 fully saturated rings. The third-order valence-electron chi connectivity index (χ3n) is 4.82. The number of nitrogens with zero attached hydrogens (tertiary/aromatic N) is 2. The van der Waals surface area contributed by atoms with Crippen molar-refractivity contribution in [2.45, 2.75) is 18.9 Å². The van der Waals surface area contributed by atoms with Gasteiger partial charge in [0.05, 0.1) is 11.4 Å². The van der Waals surface area contributed by atoms with Crippen LogP contribution in [-0.4, -0.2) is 40.6 Å². The van der Waals surface area contributed by atoms with Crippen molar-refractivity contribution >= 4 is 28.0 Å². The van der Waals surface area contributed by atoms with Crippen molar-refractivity contribution in [3.05, 3.63) is 62.7 Å². The Balaban J connectivity index is 1.56. The van der Waals surface area contributed by atoms with Gasteiger partial charge in [0.25, 0.3) is 11.5 Å². The van der Waals surface area contributed by atoms with Crippen LogP contribution < -0.4 is 10.9 Å². The van der Waals surface area contributed by atoms with Crippen molar-refractivity contribution in [2.75, 3.05) is 19.6 Å². The van der Waals surface area contributed by atoms with E-state index in [1.165, 1.54) is 17.7 Å². The van der Waals surface area contributed by atoms with E-state index < -0.39 is 0 Å². The molecule has 1 aliphatic rings. The van der Waals surface area contributed by atoms with Crippen LogP contribution in [0.1, 0.15) is 34.2 Å². The number of amides is 1. The Bertz CT molecular complexity index is 961. The molecule has 3 heterocycles. The number of nitrogens with one attached hydrogen (secondary N) is 2. The first-order valence-electron chi connectivity index (χ1n) is 8.77. The van der Waals surface area contributed by atoms with Gasteiger partial charge in [-0.25, -0.2) is 5.10 Å². The fourth-order valence-electron chi connectivity index (χ4n) is 3.50. The Morgan fingerprint density at radius 2 is 1.96 bits per heavy atom. The number of H-pyrrole nitrogens is 1. The van der Waals surface area contributed by atoms with E-state index in [-0.39, 0.29) is 23.2 Å². The molecule has 26 heavy (non-hydrogen) atoms. The molecule has 0 radical (unpaired) electrons. The third kappa shape index (κ3) is 3.27. The van der Waals surface area contributed by atoms with Gasteiger partial charge >= 0.3 is 0 Å². The fraction of sp³-hybridized carbons (Fsp3) is 0.316. The number of thiophene rings is 1. The summed E-state index contributed by atoms with van der Waals surface area (Å²) >= 11 is 1.71. The Morgan fingerprint density at radius 3 is 2.69 bits per heavy atom. The summed E-state index contributed by atoms with van der Waals surface area (Å²) in [7, 11) is 0. The van der Waals surface area contributed by atoms with E-state index in [1.54, 1.807) is 35.6 Å². The number of likely N-dealkylation sites (tertiary alicyclic amines) is 1. The topological polar surface area (TPSA) is 78.1 Å². The lowest BCUT2D eigenvalue weighted by Gasteiger charge is -2.26. The minimum absolute atomic E-state index is 0.176. The number of hydrogen-bond acceptors (Lipinski definition) is 5. The van der Waals surface area contributed by atoms with E-state index in [9.17, 15) is 9.59 Å². The molecule has 0 saturated carbocycles. The van der Waals surface area contributed by atoms with Crippen LogP contribution >= 0.6 is 11.3 Å². The highest BCUT2D eigenvalue weighted by Gasteiger charge is 2.25. The highest BCUT2D eigenvalue weighted by molar-refractivity contribution is 7.10. The summed E-state index contributed by atoms with van der Waals surface area (Å²) in [5, 5.41) is 12.5. The Hall–Kier alpha value is -2.51. The largest absolute Gasteiger partial charge is 0.349 e. The summed E-state index contributed by atoms with van der Waals surface area (Å²) in [5.74, 6) is -0.266. The third-order valence-corrected chi connectivity index (χ3v) is 5.79. The molecule has 2 N–H and O–H groups in total. The van der Waals surface area contributed by atoms with E-state index in [2.05, 4.69) is 31.9 Å². The van der Waals surface area contributed by atoms with Gasteiger partial charge < -0.3 is 5.32 Å². The van der Waals surface area contributed by atoms with Crippen molar-refractivity contribution in [1.82, 2.24) is 20.4 Å². The summed E-state index contributed by atoms with van der Waals surface area (Å²) in [6.07, 6.45) is 2.39. The van der Waals surface area contributed by atoms with Gasteiger partial charge in [-0.05, 0) is 43.4 Å². The zero-order chi connectivity index (χ0) is 17.9. The normalized spacial score (nSPS) is 16.0. The number of aromatic nitrogens is 2. The van der Waals surface area contributed by atoms with Gasteiger partial charge in [-0.1, -0.05) is 24.3 Å². The number of aromatic amines is 1. The van der Waals surface area contributed by atoms with Crippen LogP contribution in [0.4, 0.5) is 0 Å². The van der Waals surface area contributed by atoms with E-state index in [0.717, 1.165) is 13.1 Å². The SMILES string of the molecule is O=C(NCC(c1cccs1)N1CCCC1)c1n[nH]c(=O)c2ccccc12. The first-order valence-corrected chi connectivity index (χ1v) is 9.65. The second kappa shape index (κ2) is 7.39. The fourth-order valence-corrected chi connectivity index (χ4v) is 4.37. The van der Waals surface area contributed by atoms with Gasteiger partial charge in [0.2, 0.25) is 0 Å². The van der Waals surface area contributed by atoms with Gasteiger partial charge in [-0.3, -0.25) is 14.5 Å². The molecule has 0 bridgehead atoms. The Morgan fingerprint density at radius 1 is 1.19 bits per heavy atom. The lowest BCUT2D eigenvalue weighted by molar-refractivity contribution is 0.0934. The molecule has 7 heteroatoms. The minimum Gasteiger partial charge on any atom is -0.349 e. The van der Waals surface area contributed by atoms with Crippen molar-refractivity contribution in [3.8, 4) is 0 Å². The molecular weight excluding hydrogens is 348 g/mol. The quantitative estimate of drug-likeness (QED) is 0.725. The summed E-state index contributed by atoms with van der Waals surface area (Å²) in [4.78, 5) is 28.3. The molecule has 1 atom stereocenters.